The van der Waals surface area contributed by atoms with E-state index in [1.807, 2.05) is 30.3 Å². The largest absolute Gasteiger partial charge is 0.481 e. The molecule has 1 aromatic carbocycles. The summed E-state index contributed by atoms with van der Waals surface area (Å²) < 4.78 is 5.41. The Balaban J connectivity index is 2.06. The lowest BCUT2D eigenvalue weighted by molar-refractivity contribution is -0.179. The van der Waals surface area contributed by atoms with E-state index in [1.54, 1.807) is 20.8 Å². The first kappa shape index (κ1) is 18.3. The van der Waals surface area contributed by atoms with E-state index < -0.39 is 23.6 Å². The first-order valence-corrected chi connectivity index (χ1v) is 8.18. The van der Waals surface area contributed by atoms with Crippen LogP contribution in [0.1, 0.15) is 45.6 Å². The SMILES string of the molecule is CC(C)(C)OC(=O)N(OCc1ccccc1)C1CCC(C(=O)O)C1. The van der Waals surface area contributed by atoms with Crippen molar-refractivity contribution in [2.24, 2.45) is 5.92 Å². The van der Waals surface area contributed by atoms with Crippen LogP contribution in [0.5, 0.6) is 0 Å². The minimum absolute atomic E-state index is 0.230. The maximum atomic E-state index is 12.5. The van der Waals surface area contributed by atoms with E-state index in [9.17, 15) is 14.7 Å². The highest BCUT2D eigenvalue weighted by atomic mass is 16.7. The molecule has 1 aliphatic carbocycles. The molecule has 1 amide bonds. The standard InChI is InChI=1S/C18H25NO5/c1-18(2,3)24-17(22)19(15-10-9-14(11-15)16(20)21)23-12-13-7-5-4-6-8-13/h4-8,14-15H,9-12H2,1-3H3,(H,20,21). The molecule has 0 saturated heterocycles. The third kappa shape index (κ3) is 5.23. The van der Waals surface area contributed by atoms with Crippen LogP contribution in [0.4, 0.5) is 4.79 Å². The van der Waals surface area contributed by atoms with E-state index in [-0.39, 0.29) is 12.6 Å². The Bertz CT molecular complexity index is 567. The van der Waals surface area contributed by atoms with Gasteiger partial charge >= 0.3 is 12.1 Å². The summed E-state index contributed by atoms with van der Waals surface area (Å²) in [6.07, 6.45) is 0.928. The molecule has 0 aliphatic heterocycles. The molecule has 6 heteroatoms. The van der Waals surface area contributed by atoms with Gasteiger partial charge in [-0.05, 0) is 45.6 Å². The predicted molar refractivity (Wildman–Crippen MR) is 88.1 cm³/mol. The van der Waals surface area contributed by atoms with Crippen LogP contribution in [-0.2, 0) is 21.0 Å². The normalized spacial score (nSPS) is 20.6. The molecule has 1 N–H and O–H groups in total. The lowest BCUT2D eigenvalue weighted by Crippen LogP contribution is -2.42. The molecular weight excluding hydrogens is 310 g/mol. The third-order valence-corrected chi connectivity index (χ3v) is 3.87. The topological polar surface area (TPSA) is 76.1 Å². The summed E-state index contributed by atoms with van der Waals surface area (Å²) in [6.45, 7) is 5.59. The van der Waals surface area contributed by atoms with E-state index in [0.29, 0.717) is 19.3 Å². The summed E-state index contributed by atoms with van der Waals surface area (Å²) in [4.78, 5) is 29.4. The van der Waals surface area contributed by atoms with E-state index in [1.165, 1.54) is 5.06 Å². The summed E-state index contributed by atoms with van der Waals surface area (Å²) in [6, 6.07) is 9.22. The van der Waals surface area contributed by atoms with E-state index in [2.05, 4.69) is 0 Å². The second-order valence-electron chi connectivity index (χ2n) is 7.07. The monoisotopic (exact) mass is 335 g/mol. The first-order chi connectivity index (χ1) is 11.3. The molecule has 1 aromatic rings. The fourth-order valence-electron chi connectivity index (χ4n) is 2.73. The average molecular weight is 335 g/mol. The van der Waals surface area contributed by atoms with Crippen LogP contribution in [0.25, 0.3) is 0 Å². The van der Waals surface area contributed by atoms with Crippen LogP contribution in [0.3, 0.4) is 0 Å². The fraction of sp³-hybridized carbons (Fsp3) is 0.556. The van der Waals surface area contributed by atoms with Crippen molar-refractivity contribution in [1.82, 2.24) is 5.06 Å². The smallest absolute Gasteiger partial charge is 0.434 e. The maximum Gasteiger partial charge on any atom is 0.434 e. The summed E-state index contributed by atoms with van der Waals surface area (Å²) >= 11 is 0. The number of rotatable bonds is 5. The summed E-state index contributed by atoms with van der Waals surface area (Å²) in [7, 11) is 0. The third-order valence-electron chi connectivity index (χ3n) is 3.87. The van der Waals surface area contributed by atoms with Crippen molar-refractivity contribution in [3.05, 3.63) is 35.9 Å². The molecule has 2 rings (SSSR count). The number of carbonyl (C=O) groups excluding carboxylic acids is 1. The van der Waals surface area contributed by atoms with E-state index in [0.717, 1.165) is 5.56 Å². The lowest BCUT2D eigenvalue weighted by atomic mass is 10.1. The van der Waals surface area contributed by atoms with E-state index >= 15 is 0 Å². The molecular formula is C18H25NO5. The van der Waals surface area contributed by atoms with Gasteiger partial charge in [-0.3, -0.25) is 9.63 Å². The van der Waals surface area contributed by atoms with Crippen molar-refractivity contribution >= 4 is 12.1 Å². The Labute approximate surface area is 142 Å². The number of carboxylic acids is 1. The van der Waals surface area contributed by atoms with Gasteiger partial charge in [0.15, 0.2) is 0 Å². The van der Waals surface area contributed by atoms with Gasteiger partial charge in [-0.2, -0.15) is 5.06 Å². The maximum absolute atomic E-state index is 12.5. The Hall–Kier alpha value is -2.08. The molecule has 1 saturated carbocycles. The van der Waals surface area contributed by atoms with Crippen molar-refractivity contribution in [2.75, 3.05) is 0 Å². The number of benzene rings is 1. The van der Waals surface area contributed by atoms with Crippen LogP contribution < -0.4 is 0 Å². The van der Waals surface area contributed by atoms with Gasteiger partial charge in [-0.25, -0.2) is 4.79 Å². The number of aliphatic carboxylic acids is 1. The van der Waals surface area contributed by atoms with Crippen molar-refractivity contribution in [2.45, 2.75) is 58.3 Å². The number of ether oxygens (including phenoxy) is 1. The average Bonchev–Trinajstić information content (AvgIpc) is 2.96. The lowest BCUT2D eigenvalue weighted by Gasteiger charge is -2.30. The number of hydroxylamine groups is 2. The van der Waals surface area contributed by atoms with Crippen molar-refractivity contribution in [3.8, 4) is 0 Å². The molecule has 0 bridgehead atoms. The number of amides is 1. The molecule has 132 valence electrons. The van der Waals surface area contributed by atoms with Gasteiger partial charge in [0.1, 0.15) is 12.2 Å². The molecule has 0 aromatic heterocycles. The van der Waals surface area contributed by atoms with Gasteiger partial charge in [0.05, 0.1) is 12.0 Å². The molecule has 24 heavy (non-hydrogen) atoms. The Morgan fingerprint density at radius 2 is 1.88 bits per heavy atom. The molecule has 2 atom stereocenters. The summed E-state index contributed by atoms with van der Waals surface area (Å²) in [5.74, 6) is -1.27. The van der Waals surface area contributed by atoms with Crippen LogP contribution >= 0.6 is 0 Å². The zero-order valence-electron chi connectivity index (χ0n) is 14.4. The Kier molecular flexibility index (Phi) is 5.83. The number of carbonyl (C=O) groups is 2. The van der Waals surface area contributed by atoms with Crippen molar-refractivity contribution in [3.63, 3.8) is 0 Å². The molecule has 0 heterocycles. The highest BCUT2D eigenvalue weighted by Gasteiger charge is 2.38. The van der Waals surface area contributed by atoms with Crippen molar-refractivity contribution in [1.29, 1.82) is 0 Å². The van der Waals surface area contributed by atoms with Gasteiger partial charge in [0, 0.05) is 0 Å². The van der Waals surface area contributed by atoms with Gasteiger partial charge in [-0.1, -0.05) is 30.3 Å². The fourth-order valence-corrected chi connectivity index (χ4v) is 2.73. The highest BCUT2D eigenvalue weighted by molar-refractivity contribution is 5.71. The number of hydrogen-bond donors (Lipinski definition) is 1. The number of nitrogens with zero attached hydrogens (tertiary/aromatic N) is 1. The number of hydrogen-bond acceptors (Lipinski definition) is 4. The van der Waals surface area contributed by atoms with Crippen LogP contribution in [-0.4, -0.2) is 33.9 Å². The summed E-state index contributed by atoms with van der Waals surface area (Å²) in [5.41, 5.74) is 0.287. The molecule has 2 unspecified atom stereocenters. The zero-order chi connectivity index (χ0) is 17.7. The molecule has 0 radical (unpaired) electrons. The van der Waals surface area contributed by atoms with Crippen LogP contribution in [0.15, 0.2) is 30.3 Å². The van der Waals surface area contributed by atoms with Gasteiger partial charge in [0.25, 0.3) is 0 Å². The molecule has 1 aliphatic rings. The first-order valence-electron chi connectivity index (χ1n) is 8.18. The Morgan fingerprint density at radius 3 is 2.42 bits per heavy atom. The second kappa shape index (κ2) is 7.66. The molecule has 0 spiro atoms. The second-order valence-corrected chi connectivity index (χ2v) is 7.07. The van der Waals surface area contributed by atoms with Crippen LogP contribution in [0.2, 0.25) is 0 Å². The number of carboxylic acid groups (broad SMARTS) is 1. The van der Waals surface area contributed by atoms with Crippen LogP contribution in [0, 0.1) is 5.92 Å². The van der Waals surface area contributed by atoms with E-state index in [4.69, 9.17) is 9.57 Å². The predicted octanol–water partition coefficient (Wildman–Crippen LogP) is 3.61. The minimum atomic E-state index is -0.829. The summed E-state index contributed by atoms with van der Waals surface area (Å²) in [5, 5.41) is 10.4. The van der Waals surface area contributed by atoms with Gasteiger partial charge < -0.3 is 9.84 Å². The molecule has 6 nitrogen and oxygen atoms in total. The quantitative estimate of drug-likeness (QED) is 0.832. The zero-order valence-corrected chi connectivity index (χ0v) is 14.4. The van der Waals surface area contributed by atoms with Gasteiger partial charge in [0.2, 0.25) is 0 Å². The highest BCUT2D eigenvalue weighted by Crippen LogP contribution is 2.31. The Morgan fingerprint density at radius 1 is 1.21 bits per heavy atom. The molecule has 1 fully saturated rings. The van der Waals surface area contributed by atoms with Gasteiger partial charge in [-0.15, -0.1) is 0 Å². The van der Waals surface area contributed by atoms with Crippen molar-refractivity contribution < 1.29 is 24.3 Å². The minimum Gasteiger partial charge on any atom is -0.481 e.